The van der Waals surface area contributed by atoms with Crippen LogP contribution in [0, 0.1) is 0 Å². The van der Waals surface area contributed by atoms with Crippen LogP contribution in [0.2, 0.25) is 0 Å². The maximum Gasteiger partial charge on any atom is 0.123 e. The normalized spacial score (nSPS) is 10.5. The average Bonchev–Trinajstić information content (AvgIpc) is 2.71. The van der Waals surface area contributed by atoms with Crippen LogP contribution in [-0.2, 0) is 13.0 Å². The Labute approximate surface area is 155 Å². The van der Waals surface area contributed by atoms with E-state index in [-0.39, 0.29) is 0 Å². The molecule has 0 aliphatic rings. The molecule has 3 heteroatoms. The van der Waals surface area contributed by atoms with E-state index >= 15 is 0 Å². The van der Waals surface area contributed by atoms with Gasteiger partial charge in [-0.2, -0.15) is 0 Å². The Morgan fingerprint density at radius 2 is 1.31 bits per heavy atom. The maximum atomic E-state index is 5.91. The summed E-state index contributed by atoms with van der Waals surface area (Å²) < 4.78 is 11.6. The van der Waals surface area contributed by atoms with E-state index in [1.54, 1.807) is 0 Å². The van der Waals surface area contributed by atoms with Crippen LogP contribution >= 0.6 is 0 Å². The Morgan fingerprint density at radius 3 is 2.12 bits per heavy atom. The second-order valence-electron chi connectivity index (χ2n) is 6.03. The molecule has 3 rings (SSSR count). The van der Waals surface area contributed by atoms with Crippen molar-refractivity contribution in [2.24, 2.45) is 0 Å². The van der Waals surface area contributed by atoms with Crippen molar-refractivity contribution in [3.05, 3.63) is 96.1 Å². The molecule has 134 valence electrons. The van der Waals surface area contributed by atoms with Crippen LogP contribution in [0.1, 0.15) is 11.1 Å². The molecule has 0 atom stereocenters. The molecule has 0 saturated heterocycles. The molecule has 0 amide bonds. The zero-order valence-electron chi connectivity index (χ0n) is 14.9. The number of hydrogen-bond acceptors (Lipinski definition) is 3. The largest absolute Gasteiger partial charge is 0.490 e. The summed E-state index contributed by atoms with van der Waals surface area (Å²) in [5, 5.41) is 3.50. The Bertz CT molecular complexity index is 693. The fraction of sp³-hybridized carbons (Fsp3) is 0.217. The fourth-order valence-corrected chi connectivity index (χ4v) is 2.72. The predicted octanol–water partition coefficient (Wildman–Crippen LogP) is 4.48. The van der Waals surface area contributed by atoms with Crippen LogP contribution in [0.5, 0.6) is 11.5 Å². The Balaban J connectivity index is 1.41. The third-order valence-electron chi connectivity index (χ3n) is 4.07. The van der Waals surface area contributed by atoms with E-state index in [1.807, 2.05) is 54.6 Å². The molecule has 0 fully saturated rings. The molecule has 26 heavy (non-hydrogen) atoms. The summed E-state index contributed by atoms with van der Waals surface area (Å²) in [5.41, 5.74) is 2.52. The van der Waals surface area contributed by atoms with Crippen LogP contribution in [0.25, 0.3) is 0 Å². The Kier molecular flexibility index (Phi) is 7.12. The monoisotopic (exact) mass is 347 g/mol. The van der Waals surface area contributed by atoms with Crippen molar-refractivity contribution >= 4 is 0 Å². The lowest BCUT2D eigenvalue weighted by Crippen LogP contribution is -2.18. The van der Waals surface area contributed by atoms with Gasteiger partial charge in [-0.15, -0.1) is 0 Å². The van der Waals surface area contributed by atoms with Gasteiger partial charge < -0.3 is 14.8 Å². The van der Waals surface area contributed by atoms with E-state index in [4.69, 9.17) is 9.47 Å². The van der Waals surface area contributed by atoms with Gasteiger partial charge in [-0.1, -0.05) is 66.7 Å². The summed E-state index contributed by atoms with van der Waals surface area (Å²) in [7, 11) is 0. The number of benzene rings is 3. The predicted molar refractivity (Wildman–Crippen MR) is 106 cm³/mol. The van der Waals surface area contributed by atoms with Gasteiger partial charge in [0.05, 0.1) is 0 Å². The zero-order chi connectivity index (χ0) is 17.9. The van der Waals surface area contributed by atoms with Gasteiger partial charge in [0, 0.05) is 12.1 Å². The summed E-state index contributed by atoms with van der Waals surface area (Å²) >= 11 is 0. The molecule has 3 aromatic rings. The number of rotatable bonds is 10. The van der Waals surface area contributed by atoms with Crippen LogP contribution in [-0.4, -0.2) is 19.8 Å². The topological polar surface area (TPSA) is 30.5 Å². The second kappa shape index (κ2) is 10.3. The fourth-order valence-electron chi connectivity index (χ4n) is 2.72. The number of hydrogen-bond donors (Lipinski definition) is 1. The van der Waals surface area contributed by atoms with Crippen molar-refractivity contribution in [1.29, 1.82) is 0 Å². The van der Waals surface area contributed by atoms with E-state index < -0.39 is 0 Å². The maximum absolute atomic E-state index is 5.91. The molecule has 3 aromatic carbocycles. The highest BCUT2D eigenvalue weighted by Crippen LogP contribution is 2.18. The van der Waals surface area contributed by atoms with Gasteiger partial charge >= 0.3 is 0 Å². The van der Waals surface area contributed by atoms with E-state index in [2.05, 4.69) is 35.6 Å². The summed E-state index contributed by atoms with van der Waals surface area (Å²) in [4.78, 5) is 0. The average molecular weight is 347 g/mol. The summed E-state index contributed by atoms with van der Waals surface area (Å²) in [6, 6.07) is 28.5. The van der Waals surface area contributed by atoms with Crippen molar-refractivity contribution < 1.29 is 9.47 Å². The molecule has 0 bridgehead atoms. The molecule has 3 nitrogen and oxygen atoms in total. The lowest BCUT2D eigenvalue weighted by molar-refractivity contribution is 0.215. The first-order valence-corrected chi connectivity index (χ1v) is 9.05. The van der Waals surface area contributed by atoms with Gasteiger partial charge in [0.25, 0.3) is 0 Å². The van der Waals surface area contributed by atoms with Crippen molar-refractivity contribution in [3.63, 3.8) is 0 Å². The molecule has 0 saturated carbocycles. The first-order chi connectivity index (χ1) is 12.9. The lowest BCUT2D eigenvalue weighted by Gasteiger charge is -2.13. The minimum atomic E-state index is 0.524. The Morgan fingerprint density at radius 1 is 0.654 bits per heavy atom. The summed E-state index contributed by atoms with van der Waals surface area (Å²) in [6.45, 7) is 2.79. The van der Waals surface area contributed by atoms with Crippen LogP contribution in [0.3, 0.4) is 0 Å². The highest BCUT2D eigenvalue weighted by atomic mass is 16.5. The Hall–Kier alpha value is -2.78. The van der Waals surface area contributed by atoms with Crippen LogP contribution in [0.15, 0.2) is 84.9 Å². The molecule has 0 aliphatic carbocycles. The van der Waals surface area contributed by atoms with E-state index in [0.717, 1.165) is 31.0 Å². The number of nitrogens with one attached hydrogen (secondary N) is 1. The van der Waals surface area contributed by atoms with Gasteiger partial charge in [-0.05, 0) is 36.7 Å². The number of para-hydroxylation sites is 2. The number of ether oxygens (including phenoxy) is 2. The minimum absolute atomic E-state index is 0.524. The first kappa shape index (κ1) is 18.0. The third kappa shape index (κ3) is 5.94. The first-order valence-electron chi connectivity index (χ1n) is 9.05. The molecule has 1 N–H and O–H groups in total. The zero-order valence-corrected chi connectivity index (χ0v) is 14.9. The summed E-state index contributed by atoms with van der Waals surface area (Å²) in [5.74, 6) is 1.78. The van der Waals surface area contributed by atoms with Crippen LogP contribution in [0.4, 0.5) is 0 Å². The van der Waals surface area contributed by atoms with Crippen molar-refractivity contribution in [3.8, 4) is 11.5 Å². The van der Waals surface area contributed by atoms with E-state index in [9.17, 15) is 0 Å². The van der Waals surface area contributed by atoms with E-state index in [0.29, 0.717) is 13.2 Å². The molecule has 0 radical (unpaired) electrons. The molecular formula is C23H25NO2. The molecule has 0 aliphatic heterocycles. The van der Waals surface area contributed by atoms with Crippen molar-refractivity contribution in [1.82, 2.24) is 5.32 Å². The SMILES string of the molecule is c1ccc(CCNCc2ccccc2OCCOc2ccccc2)cc1. The van der Waals surface area contributed by atoms with Crippen molar-refractivity contribution in [2.45, 2.75) is 13.0 Å². The van der Waals surface area contributed by atoms with E-state index in [1.165, 1.54) is 11.1 Å². The lowest BCUT2D eigenvalue weighted by atomic mass is 10.1. The van der Waals surface area contributed by atoms with Gasteiger partial charge in [0.15, 0.2) is 0 Å². The van der Waals surface area contributed by atoms with Gasteiger partial charge in [-0.3, -0.25) is 0 Å². The van der Waals surface area contributed by atoms with Gasteiger partial charge in [-0.25, -0.2) is 0 Å². The minimum Gasteiger partial charge on any atom is -0.490 e. The standard InChI is InChI=1S/C23H25NO2/c1-3-9-20(10-4-1)15-16-24-19-21-11-7-8-14-23(21)26-18-17-25-22-12-5-2-6-13-22/h1-14,24H,15-19H2. The highest BCUT2D eigenvalue weighted by molar-refractivity contribution is 5.33. The van der Waals surface area contributed by atoms with Crippen molar-refractivity contribution in [2.75, 3.05) is 19.8 Å². The third-order valence-corrected chi connectivity index (χ3v) is 4.07. The molecule has 0 heterocycles. The van der Waals surface area contributed by atoms with Gasteiger partial charge in [0.1, 0.15) is 24.7 Å². The van der Waals surface area contributed by atoms with Crippen LogP contribution < -0.4 is 14.8 Å². The smallest absolute Gasteiger partial charge is 0.123 e. The second-order valence-corrected chi connectivity index (χ2v) is 6.03. The molecule has 0 spiro atoms. The molecule has 0 unspecified atom stereocenters. The van der Waals surface area contributed by atoms with Gasteiger partial charge in [0.2, 0.25) is 0 Å². The quantitative estimate of drug-likeness (QED) is 0.549. The highest BCUT2D eigenvalue weighted by Gasteiger charge is 2.03. The molecule has 0 aromatic heterocycles. The summed E-state index contributed by atoms with van der Waals surface area (Å²) in [6.07, 6.45) is 1.02. The molecular weight excluding hydrogens is 322 g/mol.